The van der Waals surface area contributed by atoms with E-state index in [-0.39, 0.29) is 13.0 Å². The summed E-state index contributed by atoms with van der Waals surface area (Å²) in [6.45, 7) is -0.0660. The van der Waals surface area contributed by atoms with E-state index in [9.17, 15) is 8.78 Å². The number of aromatic nitrogens is 1. The molecule has 1 fully saturated rings. The summed E-state index contributed by atoms with van der Waals surface area (Å²) in [5.41, 5.74) is 4.54. The van der Waals surface area contributed by atoms with Crippen LogP contribution in [0.4, 0.5) is 8.78 Å². The molecule has 0 radical (unpaired) electrons. The van der Waals surface area contributed by atoms with Crippen molar-refractivity contribution in [3.05, 3.63) is 28.5 Å². The van der Waals surface area contributed by atoms with Crippen molar-refractivity contribution in [3.8, 4) is 0 Å². The third kappa shape index (κ3) is 1.26. The molecule has 2 N–H and O–H groups in total. The largest absolute Gasteiger partial charge is 0.329 e. The second-order valence-corrected chi connectivity index (χ2v) is 4.33. The van der Waals surface area contributed by atoms with Crippen LogP contribution in [0.5, 0.6) is 0 Å². The SMILES string of the molecule is NCC1(c2cccc(Br)n2)CC1(F)F. The zero-order valence-corrected chi connectivity index (χ0v) is 8.89. The Morgan fingerprint density at radius 2 is 2.14 bits per heavy atom. The molecule has 1 heterocycles. The molecule has 1 unspecified atom stereocenters. The van der Waals surface area contributed by atoms with Gasteiger partial charge >= 0.3 is 0 Å². The van der Waals surface area contributed by atoms with Crippen LogP contribution in [0.15, 0.2) is 22.8 Å². The molecule has 1 aromatic heterocycles. The minimum Gasteiger partial charge on any atom is -0.329 e. The summed E-state index contributed by atoms with van der Waals surface area (Å²) >= 11 is 3.15. The van der Waals surface area contributed by atoms with Crippen molar-refractivity contribution >= 4 is 15.9 Å². The summed E-state index contributed by atoms with van der Waals surface area (Å²) < 4.78 is 26.8. The Morgan fingerprint density at radius 1 is 1.50 bits per heavy atom. The van der Waals surface area contributed by atoms with Crippen molar-refractivity contribution in [1.29, 1.82) is 0 Å². The third-order valence-electron chi connectivity index (χ3n) is 2.65. The molecule has 0 bridgehead atoms. The highest BCUT2D eigenvalue weighted by molar-refractivity contribution is 9.10. The molecule has 2 rings (SSSR count). The number of hydrogen-bond acceptors (Lipinski definition) is 2. The summed E-state index contributed by atoms with van der Waals surface area (Å²) in [4.78, 5) is 4.03. The number of nitrogens with two attached hydrogens (primary N) is 1. The molecular formula is C9H9BrF2N2. The van der Waals surface area contributed by atoms with Crippen LogP contribution in [-0.4, -0.2) is 17.5 Å². The van der Waals surface area contributed by atoms with Gasteiger partial charge in [-0.3, -0.25) is 0 Å². The van der Waals surface area contributed by atoms with Gasteiger partial charge in [0.25, 0.3) is 5.92 Å². The van der Waals surface area contributed by atoms with Gasteiger partial charge < -0.3 is 5.73 Å². The van der Waals surface area contributed by atoms with E-state index in [4.69, 9.17) is 5.73 Å². The first-order valence-corrected chi connectivity index (χ1v) is 5.02. The smallest absolute Gasteiger partial charge is 0.261 e. The van der Waals surface area contributed by atoms with Crippen molar-refractivity contribution < 1.29 is 8.78 Å². The Morgan fingerprint density at radius 3 is 2.57 bits per heavy atom. The maximum absolute atomic E-state index is 13.1. The van der Waals surface area contributed by atoms with E-state index in [1.807, 2.05) is 0 Å². The Bertz CT molecular complexity index is 370. The molecule has 76 valence electrons. The lowest BCUT2D eigenvalue weighted by Gasteiger charge is -2.12. The van der Waals surface area contributed by atoms with Gasteiger partial charge in [0.2, 0.25) is 0 Å². The third-order valence-corrected chi connectivity index (χ3v) is 3.09. The zero-order valence-electron chi connectivity index (χ0n) is 7.30. The van der Waals surface area contributed by atoms with Gasteiger partial charge in [-0.25, -0.2) is 13.8 Å². The van der Waals surface area contributed by atoms with E-state index in [2.05, 4.69) is 20.9 Å². The molecule has 0 saturated heterocycles. The number of halogens is 3. The van der Waals surface area contributed by atoms with Crippen LogP contribution in [0.3, 0.4) is 0 Å². The molecule has 1 atom stereocenters. The number of pyridine rings is 1. The fourth-order valence-electron chi connectivity index (χ4n) is 1.61. The minimum absolute atomic E-state index is 0.0660. The van der Waals surface area contributed by atoms with Crippen molar-refractivity contribution in [2.45, 2.75) is 17.8 Å². The highest BCUT2D eigenvalue weighted by Gasteiger charge is 2.72. The zero-order chi connectivity index (χ0) is 10.4. The van der Waals surface area contributed by atoms with Crippen LogP contribution in [0.1, 0.15) is 12.1 Å². The molecule has 2 nitrogen and oxygen atoms in total. The lowest BCUT2D eigenvalue weighted by atomic mass is 10.0. The molecule has 5 heteroatoms. The van der Waals surface area contributed by atoms with Gasteiger partial charge in [-0.05, 0) is 28.1 Å². The van der Waals surface area contributed by atoms with E-state index in [1.54, 1.807) is 18.2 Å². The Balaban J connectivity index is 2.40. The van der Waals surface area contributed by atoms with Crippen LogP contribution >= 0.6 is 15.9 Å². The van der Waals surface area contributed by atoms with Crippen LogP contribution in [-0.2, 0) is 5.41 Å². The van der Waals surface area contributed by atoms with Gasteiger partial charge in [0.15, 0.2) is 0 Å². The number of rotatable bonds is 2. The topological polar surface area (TPSA) is 38.9 Å². The molecule has 0 aromatic carbocycles. The highest BCUT2D eigenvalue weighted by atomic mass is 79.9. The van der Waals surface area contributed by atoms with E-state index < -0.39 is 11.3 Å². The van der Waals surface area contributed by atoms with Gasteiger partial charge in [-0.1, -0.05) is 6.07 Å². The van der Waals surface area contributed by atoms with Crippen LogP contribution in [0.25, 0.3) is 0 Å². The van der Waals surface area contributed by atoms with Crippen molar-refractivity contribution in [3.63, 3.8) is 0 Å². The van der Waals surface area contributed by atoms with Crippen LogP contribution in [0.2, 0.25) is 0 Å². The lowest BCUT2D eigenvalue weighted by molar-refractivity contribution is 0.0886. The predicted octanol–water partition coefficient (Wildman–Crippen LogP) is 2.08. The first-order chi connectivity index (χ1) is 6.52. The molecule has 1 aromatic rings. The van der Waals surface area contributed by atoms with Crippen molar-refractivity contribution in [2.75, 3.05) is 6.54 Å². The van der Waals surface area contributed by atoms with Crippen molar-refractivity contribution in [1.82, 2.24) is 4.98 Å². The predicted molar refractivity (Wildman–Crippen MR) is 52.2 cm³/mol. The summed E-state index contributed by atoms with van der Waals surface area (Å²) in [5, 5.41) is 0. The number of hydrogen-bond donors (Lipinski definition) is 1. The second-order valence-electron chi connectivity index (χ2n) is 3.51. The average molecular weight is 263 g/mol. The number of nitrogens with zero attached hydrogens (tertiary/aromatic N) is 1. The molecule has 1 aliphatic rings. The monoisotopic (exact) mass is 262 g/mol. The lowest BCUT2D eigenvalue weighted by Crippen LogP contribution is -2.27. The Hall–Kier alpha value is -0.550. The quantitative estimate of drug-likeness (QED) is 0.829. The summed E-state index contributed by atoms with van der Waals surface area (Å²) in [6.07, 6.45) is -0.194. The standard InChI is InChI=1S/C9H9BrF2N2/c10-7-3-1-2-6(14-7)8(5-13)4-9(8,11)12/h1-3H,4-5,13H2. The molecule has 1 saturated carbocycles. The molecule has 0 amide bonds. The highest BCUT2D eigenvalue weighted by Crippen LogP contribution is 2.60. The first-order valence-electron chi connectivity index (χ1n) is 4.23. The fraction of sp³-hybridized carbons (Fsp3) is 0.444. The molecule has 1 aliphatic carbocycles. The average Bonchev–Trinajstić information content (AvgIpc) is 2.70. The van der Waals surface area contributed by atoms with Crippen LogP contribution < -0.4 is 5.73 Å². The van der Waals surface area contributed by atoms with Crippen LogP contribution in [0, 0.1) is 0 Å². The van der Waals surface area contributed by atoms with Crippen molar-refractivity contribution in [2.24, 2.45) is 5.73 Å². The van der Waals surface area contributed by atoms with Gasteiger partial charge in [-0.15, -0.1) is 0 Å². The molecular weight excluding hydrogens is 254 g/mol. The first kappa shape index (κ1) is 9.98. The van der Waals surface area contributed by atoms with E-state index in [1.165, 1.54) is 0 Å². The summed E-state index contributed by atoms with van der Waals surface area (Å²) in [5.74, 6) is -2.70. The molecule has 0 aliphatic heterocycles. The normalized spacial score (nSPS) is 28.9. The van der Waals surface area contributed by atoms with E-state index in [0.717, 1.165) is 0 Å². The Labute approximate surface area is 88.6 Å². The summed E-state index contributed by atoms with van der Waals surface area (Å²) in [6, 6.07) is 4.99. The molecule has 14 heavy (non-hydrogen) atoms. The summed E-state index contributed by atoms with van der Waals surface area (Å²) in [7, 11) is 0. The Kier molecular flexibility index (Phi) is 2.12. The maximum Gasteiger partial charge on any atom is 0.261 e. The maximum atomic E-state index is 13.1. The minimum atomic E-state index is -2.70. The van der Waals surface area contributed by atoms with E-state index >= 15 is 0 Å². The van der Waals surface area contributed by atoms with Gasteiger partial charge in [-0.2, -0.15) is 0 Å². The second kappa shape index (κ2) is 2.97. The van der Waals surface area contributed by atoms with Gasteiger partial charge in [0, 0.05) is 13.0 Å². The van der Waals surface area contributed by atoms with E-state index in [0.29, 0.717) is 10.3 Å². The molecule has 0 spiro atoms. The fourth-order valence-corrected chi connectivity index (χ4v) is 1.96. The van der Waals surface area contributed by atoms with Gasteiger partial charge in [0.05, 0.1) is 11.1 Å². The number of alkyl halides is 2. The van der Waals surface area contributed by atoms with Gasteiger partial charge in [0.1, 0.15) is 4.60 Å².